The van der Waals surface area contributed by atoms with Crippen molar-refractivity contribution in [2.24, 2.45) is 0 Å². The maximum atomic E-state index is 2.45. The van der Waals surface area contributed by atoms with Gasteiger partial charge in [-0.1, -0.05) is 39.3 Å². The van der Waals surface area contributed by atoms with Crippen LogP contribution in [0, 0.1) is 0 Å². The minimum atomic E-state index is -1.16. The van der Waals surface area contributed by atoms with Gasteiger partial charge in [-0.2, -0.15) is 0 Å². The van der Waals surface area contributed by atoms with E-state index < -0.39 is 16.1 Å². The van der Waals surface area contributed by atoms with Gasteiger partial charge in [0, 0.05) is 9.40 Å². The standard InChI is InChI=1S/C12H20S2Si2/c1-15(2,3)9-7-13-12-10(16(4,5)6)8-14-11(9)12/h7-8H,1-6H3. The highest BCUT2D eigenvalue weighted by atomic mass is 32.1. The van der Waals surface area contributed by atoms with E-state index >= 15 is 0 Å². The molecule has 0 spiro atoms. The first kappa shape index (κ1) is 12.5. The van der Waals surface area contributed by atoms with Crippen LogP contribution in [0.1, 0.15) is 0 Å². The number of thiophene rings is 2. The molecule has 0 saturated carbocycles. The van der Waals surface area contributed by atoms with Crippen LogP contribution < -0.4 is 10.4 Å². The van der Waals surface area contributed by atoms with E-state index in [2.05, 4.69) is 50.0 Å². The molecule has 4 heteroatoms. The lowest BCUT2D eigenvalue weighted by Crippen LogP contribution is -2.37. The third-order valence-corrected chi connectivity index (χ3v) is 9.86. The topological polar surface area (TPSA) is 0 Å². The molecule has 2 aromatic heterocycles. The maximum Gasteiger partial charge on any atom is 0.0805 e. The van der Waals surface area contributed by atoms with Gasteiger partial charge in [-0.05, 0) is 21.1 Å². The molecule has 0 radical (unpaired) electrons. The Labute approximate surface area is 108 Å². The van der Waals surface area contributed by atoms with E-state index in [1.54, 1.807) is 19.8 Å². The molecule has 88 valence electrons. The largest absolute Gasteiger partial charge is 0.143 e. The van der Waals surface area contributed by atoms with Crippen molar-refractivity contribution in [3.05, 3.63) is 10.8 Å². The first-order valence-corrected chi connectivity index (χ1v) is 14.5. The third-order valence-electron chi connectivity index (χ3n) is 2.90. The van der Waals surface area contributed by atoms with Crippen LogP contribution in [-0.4, -0.2) is 16.1 Å². The molecule has 0 nitrogen and oxygen atoms in total. The van der Waals surface area contributed by atoms with Gasteiger partial charge in [-0.3, -0.25) is 0 Å². The van der Waals surface area contributed by atoms with Gasteiger partial charge in [0.2, 0.25) is 0 Å². The Morgan fingerprint density at radius 2 is 1.00 bits per heavy atom. The van der Waals surface area contributed by atoms with Crippen molar-refractivity contribution < 1.29 is 0 Å². The van der Waals surface area contributed by atoms with Crippen LogP contribution in [-0.2, 0) is 0 Å². The Bertz CT molecular complexity index is 461. The van der Waals surface area contributed by atoms with Crippen molar-refractivity contribution in [1.29, 1.82) is 0 Å². The summed E-state index contributed by atoms with van der Waals surface area (Å²) in [4.78, 5) is 0. The van der Waals surface area contributed by atoms with E-state index in [0.29, 0.717) is 0 Å². The quantitative estimate of drug-likeness (QED) is 0.730. The molecule has 0 aliphatic rings. The van der Waals surface area contributed by atoms with Crippen molar-refractivity contribution >= 4 is 58.6 Å². The van der Waals surface area contributed by atoms with Crippen LogP contribution >= 0.6 is 22.7 Å². The molecule has 0 aliphatic carbocycles. The fourth-order valence-electron chi connectivity index (χ4n) is 1.86. The molecule has 0 saturated heterocycles. The molecule has 0 N–H and O–H groups in total. The number of fused-ring (bicyclic) bond motifs is 1. The monoisotopic (exact) mass is 284 g/mol. The smallest absolute Gasteiger partial charge is 0.0805 e. The van der Waals surface area contributed by atoms with E-state index in [-0.39, 0.29) is 0 Å². The fraction of sp³-hybridized carbons (Fsp3) is 0.500. The SMILES string of the molecule is C[Si](C)(C)c1csc2c([Si](C)(C)C)csc12. The Morgan fingerprint density at radius 1 is 0.688 bits per heavy atom. The van der Waals surface area contributed by atoms with Crippen molar-refractivity contribution in [2.45, 2.75) is 39.3 Å². The lowest BCUT2D eigenvalue weighted by atomic mass is 10.5. The Kier molecular flexibility index (Phi) is 2.98. The highest BCUT2D eigenvalue weighted by Gasteiger charge is 2.26. The Morgan fingerprint density at radius 3 is 1.25 bits per heavy atom. The Hall–Kier alpha value is 0.0938. The summed E-state index contributed by atoms with van der Waals surface area (Å²) in [6.45, 7) is 14.7. The van der Waals surface area contributed by atoms with Crippen LogP contribution in [0.2, 0.25) is 39.3 Å². The lowest BCUT2D eigenvalue weighted by Gasteiger charge is -2.14. The summed E-state index contributed by atoms with van der Waals surface area (Å²) in [6, 6.07) is 0. The molecule has 0 aliphatic heterocycles. The molecule has 2 rings (SSSR count). The van der Waals surface area contributed by atoms with Crippen LogP contribution in [0.25, 0.3) is 9.40 Å². The summed E-state index contributed by atoms with van der Waals surface area (Å²) in [6.07, 6.45) is 0. The minimum absolute atomic E-state index is 1.16. The van der Waals surface area contributed by atoms with Gasteiger partial charge < -0.3 is 0 Å². The van der Waals surface area contributed by atoms with Crippen molar-refractivity contribution in [1.82, 2.24) is 0 Å². The number of hydrogen-bond donors (Lipinski definition) is 0. The van der Waals surface area contributed by atoms with Crippen LogP contribution in [0.3, 0.4) is 0 Å². The Balaban J connectivity index is 2.66. The number of rotatable bonds is 2. The summed E-state index contributed by atoms with van der Waals surface area (Å²) in [7, 11) is -2.31. The first-order chi connectivity index (χ1) is 7.21. The second kappa shape index (κ2) is 3.80. The molecule has 0 amide bonds. The lowest BCUT2D eigenvalue weighted by molar-refractivity contribution is 1.78. The number of hydrogen-bond acceptors (Lipinski definition) is 2. The van der Waals surface area contributed by atoms with Crippen LogP contribution in [0.5, 0.6) is 0 Å². The zero-order chi connectivity index (χ0) is 12.1. The van der Waals surface area contributed by atoms with E-state index in [9.17, 15) is 0 Å². The van der Waals surface area contributed by atoms with Gasteiger partial charge in [0.1, 0.15) is 0 Å². The van der Waals surface area contributed by atoms with E-state index in [1.165, 1.54) is 0 Å². The molecule has 0 unspecified atom stereocenters. The molecule has 0 aromatic carbocycles. The van der Waals surface area contributed by atoms with E-state index in [4.69, 9.17) is 0 Å². The normalized spacial score (nSPS) is 13.6. The van der Waals surface area contributed by atoms with Gasteiger partial charge in [-0.25, -0.2) is 0 Å². The molecular weight excluding hydrogens is 264 g/mol. The third kappa shape index (κ3) is 2.08. The van der Waals surface area contributed by atoms with Gasteiger partial charge >= 0.3 is 0 Å². The molecule has 16 heavy (non-hydrogen) atoms. The summed E-state index contributed by atoms with van der Waals surface area (Å²) in [5.74, 6) is 0. The molecular formula is C12H20S2Si2. The van der Waals surface area contributed by atoms with Gasteiger partial charge in [-0.15, -0.1) is 22.7 Å². The van der Waals surface area contributed by atoms with Crippen molar-refractivity contribution in [2.75, 3.05) is 0 Å². The van der Waals surface area contributed by atoms with Crippen LogP contribution in [0.15, 0.2) is 10.8 Å². The van der Waals surface area contributed by atoms with E-state index in [1.807, 2.05) is 22.7 Å². The van der Waals surface area contributed by atoms with Gasteiger partial charge in [0.25, 0.3) is 0 Å². The van der Waals surface area contributed by atoms with Crippen molar-refractivity contribution in [3.8, 4) is 0 Å². The summed E-state index contributed by atoms with van der Waals surface area (Å²) in [5.41, 5.74) is 0. The molecule has 0 fully saturated rings. The van der Waals surface area contributed by atoms with Gasteiger partial charge in [0.15, 0.2) is 0 Å². The minimum Gasteiger partial charge on any atom is -0.143 e. The van der Waals surface area contributed by atoms with Crippen LogP contribution in [0.4, 0.5) is 0 Å². The maximum absolute atomic E-state index is 2.45. The predicted octanol–water partition coefficient (Wildman–Crippen LogP) is 4.05. The predicted molar refractivity (Wildman–Crippen MR) is 85.7 cm³/mol. The summed E-state index contributed by atoms with van der Waals surface area (Å²) >= 11 is 3.96. The zero-order valence-electron chi connectivity index (χ0n) is 11.0. The van der Waals surface area contributed by atoms with Crippen molar-refractivity contribution in [3.63, 3.8) is 0 Å². The second-order valence-electron chi connectivity index (χ2n) is 6.46. The molecule has 2 aromatic rings. The summed E-state index contributed by atoms with van der Waals surface area (Å²) in [5, 5.41) is 8.19. The average Bonchev–Trinajstić information content (AvgIpc) is 2.54. The summed E-state index contributed by atoms with van der Waals surface area (Å²) < 4.78 is 3.20. The highest BCUT2D eigenvalue weighted by Crippen LogP contribution is 2.28. The second-order valence-corrected chi connectivity index (χ2v) is 18.3. The highest BCUT2D eigenvalue weighted by molar-refractivity contribution is 7.31. The molecule has 2 heterocycles. The fourth-order valence-corrected chi connectivity index (χ4v) is 11.0. The first-order valence-electron chi connectivity index (χ1n) is 5.71. The zero-order valence-corrected chi connectivity index (χ0v) is 14.6. The molecule has 0 atom stereocenters. The average molecular weight is 285 g/mol. The van der Waals surface area contributed by atoms with E-state index in [0.717, 1.165) is 0 Å². The molecule has 0 bridgehead atoms. The van der Waals surface area contributed by atoms with Gasteiger partial charge in [0.05, 0.1) is 16.1 Å².